The summed E-state index contributed by atoms with van der Waals surface area (Å²) in [6, 6.07) is 8.83. The highest BCUT2D eigenvalue weighted by Crippen LogP contribution is 2.33. The smallest absolute Gasteiger partial charge is 0.332 e. The molecule has 3 aliphatic rings. The van der Waals surface area contributed by atoms with Gasteiger partial charge < -0.3 is 15.1 Å². The van der Waals surface area contributed by atoms with E-state index in [4.69, 9.17) is 4.98 Å². The van der Waals surface area contributed by atoms with Crippen LogP contribution in [0.3, 0.4) is 0 Å². The number of fused-ring (bicyclic) bond motifs is 2. The van der Waals surface area contributed by atoms with Gasteiger partial charge in [-0.25, -0.2) is 4.79 Å². The highest BCUT2D eigenvalue weighted by molar-refractivity contribution is 5.96. The molecule has 0 aliphatic carbocycles. The number of carbonyl (C=O) groups excluding carboxylic acids is 2. The average Bonchev–Trinajstić information content (AvgIpc) is 3.66. The van der Waals surface area contributed by atoms with E-state index in [0.29, 0.717) is 30.5 Å². The first-order valence-electron chi connectivity index (χ1n) is 13.5. The van der Waals surface area contributed by atoms with Gasteiger partial charge in [-0.3, -0.25) is 28.1 Å². The predicted molar refractivity (Wildman–Crippen MR) is 143 cm³/mol. The van der Waals surface area contributed by atoms with Gasteiger partial charge in [0.2, 0.25) is 11.9 Å². The maximum atomic E-state index is 13.9. The predicted octanol–water partition coefficient (Wildman–Crippen LogP) is 0.590. The Morgan fingerprint density at radius 3 is 2.50 bits per heavy atom. The van der Waals surface area contributed by atoms with Gasteiger partial charge in [0.05, 0.1) is 6.54 Å². The molecule has 0 saturated carbocycles. The highest BCUT2D eigenvalue weighted by atomic mass is 16.2. The number of aryl methyl sites for hydroxylation is 1. The minimum atomic E-state index is -0.604. The SMILES string of the molecule is Cn1c(=O)n(CC(=O)c2ccccc2)c(=O)c2c1nc(N1CCC3CNCC31)n2CC(=O)N1CCCCC1. The number of carbonyl (C=O) groups is 2. The first kappa shape index (κ1) is 24.6. The summed E-state index contributed by atoms with van der Waals surface area (Å²) in [5.41, 5.74) is -0.361. The summed E-state index contributed by atoms with van der Waals surface area (Å²) >= 11 is 0. The molecule has 3 aliphatic heterocycles. The van der Waals surface area contributed by atoms with Crippen molar-refractivity contribution in [2.75, 3.05) is 37.6 Å². The molecule has 2 unspecified atom stereocenters. The third-order valence-electron chi connectivity index (χ3n) is 8.31. The molecule has 11 nitrogen and oxygen atoms in total. The number of imidazole rings is 1. The molecule has 3 saturated heterocycles. The van der Waals surface area contributed by atoms with Crippen molar-refractivity contribution in [3.63, 3.8) is 0 Å². The summed E-state index contributed by atoms with van der Waals surface area (Å²) in [4.78, 5) is 62.4. The van der Waals surface area contributed by atoms with Crippen molar-refractivity contribution in [1.29, 1.82) is 0 Å². The molecular weight excluding hydrogens is 486 g/mol. The molecule has 5 heterocycles. The molecule has 0 bridgehead atoms. The molecule has 38 heavy (non-hydrogen) atoms. The van der Waals surface area contributed by atoms with Gasteiger partial charge in [-0.15, -0.1) is 0 Å². The number of rotatable bonds is 6. The molecular formula is C27H33N7O4. The van der Waals surface area contributed by atoms with Crippen LogP contribution in [-0.4, -0.2) is 74.0 Å². The van der Waals surface area contributed by atoms with Gasteiger partial charge in [0.15, 0.2) is 16.9 Å². The van der Waals surface area contributed by atoms with Crippen molar-refractivity contribution in [3.05, 3.63) is 56.7 Å². The van der Waals surface area contributed by atoms with Crippen molar-refractivity contribution >= 4 is 28.8 Å². The van der Waals surface area contributed by atoms with Gasteiger partial charge >= 0.3 is 5.69 Å². The van der Waals surface area contributed by atoms with Crippen LogP contribution in [0, 0.1) is 5.92 Å². The second-order valence-corrected chi connectivity index (χ2v) is 10.6. The molecule has 1 N–H and O–H groups in total. The van der Waals surface area contributed by atoms with E-state index in [0.717, 1.165) is 49.9 Å². The van der Waals surface area contributed by atoms with E-state index >= 15 is 0 Å². The van der Waals surface area contributed by atoms with Crippen LogP contribution in [0.2, 0.25) is 0 Å². The minimum Gasteiger partial charge on any atom is -0.341 e. The Balaban J connectivity index is 1.47. The zero-order chi connectivity index (χ0) is 26.4. The van der Waals surface area contributed by atoms with Crippen LogP contribution in [-0.2, 0) is 24.9 Å². The van der Waals surface area contributed by atoms with Gasteiger partial charge in [-0.05, 0) is 31.6 Å². The molecule has 1 amide bonds. The standard InChI is InChI=1S/C27H33N7O4/c1-30-24-23(25(37)34(27(30)38)16-21(35)18-8-4-2-5-9-18)33(17-22(36)31-11-6-3-7-12-31)26(29-24)32-13-10-19-14-28-15-20(19)32/h2,4-5,8-9,19-20,28H,3,6-7,10-17H2,1H3. The summed E-state index contributed by atoms with van der Waals surface area (Å²) < 4.78 is 3.98. The maximum Gasteiger partial charge on any atom is 0.332 e. The molecule has 0 spiro atoms. The maximum absolute atomic E-state index is 13.9. The molecule has 11 heteroatoms. The topological polar surface area (TPSA) is 114 Å². The molecule has 2 atom stereocenters. The van der Waals surface area contributed by atoms with Crippen molar-refractivity contribution in [2.24, 2.45) is 13.0 Å². The lowest BCUT2D eigenvalue weighted by Crippen LogP contribution is -2.42. The number of nitrogens with one attached hydrogen (secondary N) is 1. The Morgan fingerprint density at radius 2 is 1.74 bits per heavy atom. The number of amides is 1. The second-order valence-electron chi connectivity index (χ2n) is 10.6. The highest BCUT2D eigenvalue weighted by Gasteiger charge is 2.40. The van der Waals surface area contributed by atoms with E-state index in [1.54, 1.807) is 41.9 Å². The Labute approximate surface area is 219 Å². The second kappa shape index (κ2) is 9.86. The number of nitrogens with zero attached hydrogens (tertiary/aromatic N) is 6. The van der Waals surface area contributed by atoms with E-state index in [-0.39, 0.29) is 42.0 Å². The lowest BCUT2D eigenvalue weighted by molar-refractivity contribution is -0.132. The third kappa shape index (κ3) is 4.14. The Bertz CT molecular complexity index is 1500. The van der Waals surface area contributed by atoms with E-state index < -0.39 is 11.2 Å². The minimum absolute atomic E-state index is 0.0345. The van der Waals surface area contributed by atoms with Crippen LogP contribution >= 0.6 is 0 Å². The first-order valence-corrected chi connectivity index (χ1v) is 13.5. The fraction of sp³-hybridized carbons (Fsp3) is 0.519. The van der Waals surface area contributed by atoms with Crippen molar-refractivity contribution in [2.45, 2.75) is 44.8 Å². The molecule has 3 aromatic rings. The number of anilines is 1. The largest absolute Gasteiger partial charge is 0.341 e. The van der Waals surface area contributed by atoms with Crippen molar-refractivity contribution < 1.29 is 9.59 Å². The normalized spacial score (nSPS) is 21.3. The van der Waals surface area contributed by atoms with Crippen LogP contribution in [0.5, 0.6) is 0 Å². The average molecular weight is 520 g/mol. The van der Waals surface area contributed by atoms with E-state index in [1.807, 2.05) is 4.90 Å². The lowest BCUT2D eigenvalue weighted by atomic mass is 10.1. The summed E-state index contributed by atoms with van der Waals surface area (Å²) in [6.45, 7) is 3.50. The fourth-order valence-electron chi connectivity index (χ4n) is 6.20. The molecule has 1 aromatic carbocycles. The van der Waals surface area contributed by atoms with E-state index in [1.165, 1.54) is 4.57 Å². The number of likely N-dealkylation sites (tertiary alicyclic amines) is 1. The molecule has 6 rings (SSSR count). The molecule has 200 valence electrons. The van der Waals surface area contributed by atoms with Crippen LogP contribution in [0.1, 0.15) is 36.0 Å². The fourth-order valence-corrected chi connectivity index (χ4v) is 6.20. The van der Waals surface area contributed by atoms with Crippen LogP contribution in [0.4, 0.5) is 5.95 Å². The van der Waals surface area contributed by atoms with Gasteiger partial charge in [0.1, 0.15) is 6.54 Å². The van der Waals surface area contributed by atoms with Crippen LogP contribution in [0.15, 0.2) is 39.9 Å². The molecule has 2 aromatic heterocycles. The van der Waals surface area contributed by atoms with Gasteiger partial charge in [0.25, 0.3) is 5.56 Å². The number of hydrogen-bond donors (Lipinski definition) is 1. The number of hydrogen-bond acceptors (Lipinski definition) is 7. The number of aromatic nitrogens is 4. The van der Waals surface area contributed by atoms with E-state index in [9.17, 15) is 19.2 Å². The summed E-state index contributed by atoms with van der Waals surface area (Å²) in [5.74, 6) is 0.621. The number of Topliss-reactive ketones (excluding diaryl/α,β-unsaturated/α-hetero) is 1. The zero-order valence-corrected chi connectivity index (χ0v) is 21.6. The Kier molecular flexibility index (Phi) is 6.38. The van der Waals surface area contributed by atoms with Crippen LogP contribution < -0.4 is 21.5 Å². The molecule has 0 radical (unpaired) electrons. The monoisotopic (exact) mass is 519 g/mol. The first-order chi connectivity index (χ1) is 18.4. The van der Waals surface area contributed by atoms with Gasteiger partial charge in [-0.1, -0.05) is 30.3 Å². The Hall–Kier alpha value is -3.73. The lowest BCUT2D eigenvalue weighted by Gasteiger charge is -2.29. The molecule has 3 fully saturated rings. The quantitative estimate of drug-likeness (QED) is 0.474. The number of benzene rings is 1. The number of ketones is 1. The summed E-state index contributed by atoms with van der Waals surface area (Å²) in [6.07, 6.45) is 4.03. The zero-order valence-electron chi connectivity index (χ0n) is 21.6. The van der Waals surface area contributed by atoms with Crippen molar-refractivity contribution in [3.8, 4) is 0 Å². The number of piperidine rings is 1. The summed E-state index contributed by atoms with van der Waals surface area (Å²) in [7, 11) is 1.56. The van der Waals surface area contributed by atoms with Crippen molar-refractivity contribution in [1.82, 2.24) is 28.9 Å². The summed E-state index contributed by atoms with van der Waals surface area (Å²) in [5, 5.41) is 3.44. The third-order valence-corrected chi connectivity index (χ3v) is 8.31. The van der Waals surface area contributed by atoms with Gasteiger partial charge in [0, 0.05) is 51.4 Å². The van der Waals surface area contributed by atoms with Crippen LogP contribution in [0.25, 0.3) is 11.2 Å². The van der Waals surface area contributed by atoms with E-state index in [2.05, 4.69) is 10.2 Å². The van der Waals surface area contributed by atoms with Gasteiger partial charge in [-0.2, -0.15) is 4.98 Å². The Morgan fingerprint density at radius 1 is 0.974 bits per heavy atom.